The summed E-state index contributed by atoms with van der Waals surface area (Å²) in [5.74, 6) is 1.33. The van der Waals surface area contributed by atoms with Crippen LogP contribution in [0.4, 0.5) is 0 Å². The molecule has 0 radical (unpaired) electrons. The molecule has 0 bridgehead atoms. The van der Waals surface area contributed by atoms with Crippen LogP contribution >= 0.6 is 11.6 Å². The van der Waals surface area contributed by atoms with Crippen molar-refractivity contribution in [2.75, 3.05) is 6.61 Å². The maximum absolute atomic E-state index is 5.94. The summed E-state index contributed by atoms with van der Waals surface area (Å²) in [7, 11) is 0. The molecule has 2 aromatic rings. The summed E-state index contributed by atoms with van der Waals surface area (Å²) in [5.41, 5.74) is 5.88. The second-order valence-electron chi connectivity index (χ2n) is 3.36. The molecule has 2 rings (SSSR count). The van der Waals surface area contributed by atoms with Crippen LogP contribution in [-0.2, 0) is 0 Å². The number of furan rings is 1. The number of nitrogens with two attached hydrogens (primary N) is 1. The van der Waals surface area contributed by atoms with E-state index in [4.69, 9.17) is 26.5 Å². The van der Waals surface area contributed by atoms with Crippen LogP contribution < -0.4 is 10.5 Å². The van der Waals surface area contributed by atoms with E-state index >= 15 is 0 Å². The van der Waals surface area contributed by atoms with Crippen molar-refractivity contribution in [3.63, 3.8) is 0 Å². The van der Waals surface area contributed by atoms with Crippen molar-refractivity contribution >= 4 is 11.6 Å². The van der Waals surface area contributed by atoms with Gasteiger partial charge in [-0.2, -0.15) is 0 Å². The van der Waals surface area contributed by atoms with E-state index in [0.29, 0.717) is 23.1 Å². The van der Waals surface area contributed by atoms with Crippen LogP contribution in [0.3, 0.4) is 0 Å². The highest BCUT2D eigenvalue weighted by Crippen LogP contribution is 2.24. The maximum atomic E-state index is 5.94. The zero-order chi connectivity index (χ0) is 11.4. The Morgan fingerprint density at radius 3 is 2.75 bits per heavy atom. The molecule has 0 amide bonds. The number of hydrogen-bond donors (Lipinski definition) is 1. The van der Waals surface area contributed by atoms with Crippen LogP contribution in [-0.4, -0.2) is 6.61 Å². The molecular weight excluding hydrogens is 226 g/mol. The van der Waals surface area contributed by atoms with E-state index in [-0.39, 0.29) is 6.04 Å². The van der Waals surface area contributed by atoms with Gasteiger partial charge in [0.2, 0.25) is 0 Å². The molecule has 1 unspecified atom stereocenters. The Balaban J connectivity index is 1.95. The van der Waals surface area contributed by atoms with Gasteiger partial charge in [0.15, 0.2) is 0 Å². The molecule has 1 heterocycles. The normalized spacial score (nSPS) is 12.4. The van der Waals surface area contributed by atoms with Gasteiger partial charge < -0.3 is 14.9 Å². The summed E-state index contributed by atoms with van der Waals surface area (Å²) in [6.07, 6.45) is 1.59. The van der Waals surface area contributed by atoms with Crippen LogP contribution in [0, 0.1) is 0 Å². The molecule has 0 saturated heterocycles. The predicted molar refractivity (Wildman–Crippen MR) is 62.6 cm³/mol. The van der Waals surface area contributed by atoms with Crippen LogP contribution in [0.15, 0.2) is 47.1 Å². The first kappa shape index (κ1) is 11.0. The van der Waals surface area contributed by atoms with Crippen molar-refractivity contribution < 1.29 is 9.15 Å². The highest BCUT2D eigenvalue weighted by atomic mass is 35.5. The molecule has 2 N–H and O–H groups in total. The Kier molecular flexibility index (Phi) is 3.49. The third kappa shape index (κ3) is 2.56. The Morgan fingerprint density at radius 1 is 1.25 bits per heavy atom. The average Bonchev–Trinajstić information content (AvgIpc) is 2.81. The van der Waals surface area contributed by atoms with Gasteiger partial charge in [0, 0.05) is 0 Å². The lowest BCUT2D eigenvalue weighted by atomic mass is 10.2. The lowest BCUT2D eigenvalue weighted by Crippen LogP contribution is -2.18. The molecule has 84 valence electrons. The SMILES string of the molecule is NC(COc1ccccc1Cl)c1ccco1. The molecular formula is C12H12ClNO2. The second kappa shape index (κ2) is 5.05. The fourth-order valence-corrected chi connectivity index (χ4v) is 1.52. The van der Waals surface area contributed by atoms with Gasteiger partial charge in [-0.15, -0.1) is 0 Å². The molecule has 1 aromatic carbocycles. The van der Waals surface area contributed by atoms with Crippen LogP contribution in [0.2, 0.25) is 5.02 Å². The summed E-state index contributed by atoms with van der Waals surface area (Å²) >= 11 is 5.94. The minimum atomic E-state index is -0.286. The number of rotatable bonds is 4. The number of hydrogen-bond acceptors (Lipinski definition) is 3. The molecule has 16 heavy (non-hydrogen) atoms. The first-order valence-corrected chi connectivity index (χ1v) is 5.31. The van der Waals surface area contributed by atoms with Gasteiger partial charge in [-0.25, -0.2) is 0 Å². The number of benzene rings is 1. The zero-order valence-corrected chi connectivity index (χ0v) is 9.35. The molecule has 4 heteroatoms. The topological polar surface area (TPSA) is 48.4 Å². The third-order valence-corrected chi connectivity index (χ3v) is 2.48. The molecule has 3 nitrogen and oxygen atoms in total. The van der Waals surface area contributed by atoms with E-state index in [1.54, 1.807) is 24.5 Å². The highest BCUT2D eigenvalue weighted by Gasteiger charge is 2.10. The summed E-state index contributed by atoms with van der Waals surface area (Å²) in [6.45, 7) is 0.331. The Hall–Kier alpha value is -1.45. The monoisotopic (exact) mass is 237 g/mol. The quantitative estimate of drug-likeness (QED) is 0.889. The average molecular weight is 238 g/mol. The van der Waals surface area contributed by atoms with E-state index in [0.717, 1.165) is 0 Å². The molecule has 0 spiro atoms. The highest BCUT2D eigenvalue weighted by molar-refractivity contribution is 6.32. The fraction of sp³-hybridized carbons (Fsp3) is 0.167. The molecule has 0 aliphatic rings. The Bertz CT molecular complexity index is 442. The second-order valence-corrected chi connectivity index (χ2v) is 3.77. The summed E-state index contributed by atoms with van der Waals surface area (Å²) in [6, 6.07) is 10.6. The van der Waals surface area contributed by atoms with Gasteiger partial charge >= 0.3 is 0 Å². The zero-order valence-electron chi connectivity index (χ0n) is 8.60. The van der Waals surface area contributed by atoms with Crippen molar-refractivity contribution in [3.8, 4) is 5.75 Å². The number of halogens is 1. The van der Waals surface area contributed by atoms with E-state index in [2.05, 4.69) is 0 Å². The van der Waals surface area contributed by atoms with Crippen molar-refractivity contribution in [1.82, 2.24) is 0 Å². The molecule has 1 aromatic heterocycles. The van der Waals surface area contributed by atoms with Gasteiger partial charge in [-0.1, -0.05) is 23.7 Å². The molecule has 1 atom stereocenters. The predicted octanol–water partition coefficient (Wildman–Crippen LogP) is 3.01. The van der Waals surface area contributed by atoms with Gasteiger partial charge in [0.25, 0.3) is 0 Å². The third-order valence-electron chi connectivity index (χ3n) is 2.16. The summed E-state index contributed by atoms with van der Waals surface area (Å²) in [4.78, 5) is 0. The van der Waals surface area contributed by atoms with Crippen LogP contribution in [0.1, 0.15) is 11.8 Å². The van der Waals surface area contributed by atoms with E-state index in [9.17, 15) is 0 Å². The minimum absolute atomic E-state index is 0.286. The van der Waals surface area contributed by atoms with Gasteiger partial charge in [0.05, 0.1) is 17.3 Å². The summed E-state index contributed by atoms with van der Waals surface area (Å²) < 4.78 is 10.7. The molecule has 0 saturated carbocycles. The molecule has 0 aliphatic carbocycles. The minimum Gasteiger partial charge on any atom is -0.490 e. The lowest BCUT2D eigenvalue weighted by molar-refractivity contribution is 0.273. The number of para-hydroxylation sites is 1. The smallest absolute Gasteiger partial charge is 0.137 e. The van der Waals surface area contributed by atoms with Crippen molar-refractivity contribution in [1.29, 1.82) is 0 Å². The van der Waals surface area contributed by atoms with Crippen molar-refractivity contribution in [2.24, 2.45) is 5.73 Å². The van der Waals surface area contributed by atoms with E-state index in [1.807, 2.05) is 18.2 Å². The van der Waals surface area contributed by atoms with E-state index in [1.165, 1.54) is 0 Å². The molecule has 0 aliphatic heterocycles. The van der Waals surface area contributed by atoms with Crippen LogP contribution in [0.25, 0.3) is 0 Å². The van der Waals surface area contributed by atoms with E-state index < -0.39 is 0 Å². The largest absolute Gasteiger partial charge is 0.490 e. The first-order chi connectivity index (χ1) is 7.77. The van der Waals surface area contributed by atoms with Gasteiger partial charge in [-0.05, 0) is 24.3 Å². The fourth-order valence-electron chi connectivity index (χ4n) is 1.33. The van der Waals surface area contributed by atoms with Crippen molar-refractivity contribution in [3.05, 3.63) is 53.4 Å². The van der Waals surface area contributed by atoms with Gasteiger partial charge in [0.1, 0.15) is 18.1 Å². The Labute approximate surface area is 98.8 Å². The summed E-state index contributed by atoms with van der Waals surface area (Å²) in [5, 5.41) is 0.578. The molecule has 0 fully saturated rings. The lowest BCUT2D eigenvalue weighted by Gasteiger charge is -2.11. The maximum Gasteiger partial charge on any atom is 0.137 e. The van der Waals surface area contributed by atoms with Gasteiger partial charge in [-0.3, -0.25) is 0 Å². The van der Waals surface area contributed by atoms with Crippen molar-refractivity contribution in [2.45, 2.75) is 6.04 Å². The Morgan fingerprint density at radius 2 is 2.06 bits per heavy atom. The number of ether oxygens (including phenoxy) is 1. The standard InChI is InChI=1S/C12H12ClNO2/c13-9-4-1-2-5-11(9)16-8-10(14)12-6-3-7-15-12/h1-7,10H,8,14H2. The van der Waals surface area contributed by atoms with Crippen LogP contribution in [0.5, 0.6) is 5.75 Å². The first-order valence-electron chi connectivity index (χ1n) is 4.93.